The standard InChI is InChI=1S/C17H16ClN3O2/c1-11-13(18)5-4-6-14(11)21-17(19-10-20-21)12-7-8-15(22-2)16(9-12)23-3/h4-10H,1-3H3. The molecule has 0 aliphatic rings. The Morgan fingerprint density at radius 2 is 1.83 bits per heavy atom. The highest BCUT2D eigenvalue weighted by Gasteiger charge is 2.14. The molecule has 0 spiro atoms. The van der Waals surface area contributed by atoms with Crippen LogP contribution in [0.5, 0.6) is 11.5 Å². The van der Waals surface area contributed by atoms with Crippen LogP contribution in [-0.4, -0.2) is 29.0 Å². The van der Waals surface area contributed by atoms with Crippen LogP contribution in [0.2, 0.25) is 5.02 Å². The third-order valence-corrected chi connectivity index (χ3v) is 4.07. The Kier molecular flexibility index (Phi) is 4.21. The lowest BCUT2D eigenvalue weighted by Gasteiger charge is -2.12. The van der Waals surface area contributed by atoms with Crippen LogP contribution in [0.4, 0.5) is 0 Å². The van der Waals surface area contributed by atoms with Crippen LogP contribution in [0.1, 0.15) is 5.56 Å². The molecule has 0 saturated heterocycles. The van der Waals surface area contributed by atoms with Gasteiger partial charge in [-0.2, -0.15) is 5.10 Å². The maximum atomic E-state index is 6.22. The Labute approximate surface area is 139 Å². The minimum Gasteiger partial charge on any atom is -0.493 e. The average Bonchev–Trinajstić information content (AvgIpc) is 3.06. The molecule has 0 radical (unpaired) electrons. The maximum absolute atomic E-state index is 6.22. The van der Waals surface area contributed by atoms with Crippen LogP contribution < -0.4 is 9.47 Å². The van der Waals surface area contributed by atoms with E-state index >= 15 is 0 Å². The summed E-state index contributed by atoms with van der Waals surface area (Å²) < 4.78 is 12.4. The van der Waals surface area contributed by atoms with Gasteiger partial charge in [-0.25, -0.2) is 9.67 Å². The van der Waals surface area contributed by atoms with E-state index in [1.54, 1.807) is 18.9 Å². The van der Waals surface area contributed by atoms with E-state index in [0.29, 0.717) is 22.3 Å². The van der Waals surface area contributed by atoms with Crippen LogP contribution in [0.3, 0.4) is 0 Å². The molecule has 2 aromatic carbocycles. The Bertz CT molecular complexity index is 846. The molecule has 0 amide bonds. The molecule has 0 saturated carbocycles. The summed E-state index contributed by atoms with van der Waals surface area (Å²) in [5.74, 6) is 2.01. The molecule has 0 aliphatic carbocycles. The number of halogens is 1. The Hall–Kier alpha value is -2.53. The fourth-order valence-electron chi connectivity index (χ4n) is 2.42. The Morgan fingerprint density at radius 3 is 2.57 bits per heavy atom. The third kappa shape index (κ3) is 2.75. The number of methoxy groups -OCH3 is 2. The molecular formula is C17H16ClN3O2. The first kappa shape index (κ1) is 15.4. The lowest BCUT2D eigenvalue weighted by atomic mass is 10.1. The van der Waals surface area contributed by atoms with E-state index in [9.17, 15) is 0 Å². The normalized spacial score (nSPS) is 10.6. The number of rotatable bonds is 4. The quantitative estimate of drug-likeness (QED) is 0.728. The van der Waals surface area contributed by atoms with Gasteiger partial charge in [0, 0.05) is 10.6 Å². The minimum atomic E-state index is 0.641. The zero-order valence-electron chi connectivity index (χ0n) is 13.1. The van der Waals surface area contributed by atoms with E-state index in [2.05, 4.69) is 10.1 Å². The van der Waals surface area contributed by atoms with Gasteiger partial charge >= 0.3 is 0 Å². The topological polar surface area (TPSA) is 49.2 Å². The zero-order valence-corrected chi connectivity index (χ0v) is 13.8. The van der Waals surface area contributed by atoms with Gasteiger partial charge in [0.05, 0.1) is 19.9 Å². The second-order valence-corrected chi connectivity index (χ2v) is 5.36. The number of hydrogen-bond acceptors (Lipinski definition) is 4. The Morgan fingerprint density at radius 1 is 1.04 bits per heavy atom. The van der Waals surface area contributed by atoms with Crippen LogP contribution in [-0.2, 0) is 0 Å². The Balaban J connectivity index is 2.13. The van der Waals surface area contributed by atoms with Crippen LogP contribution in [0, 0.1) is 6.92 Å². The highest BCUT2D eigenvalue weighted by atomic mass is 35.5. The van der Waals surface area contributed by atoms with Crippen molar-refractivity contribution in [2.45, 2.75) is 6.92 Å². The molecular weight excluding hydrogens is 314 g/mol. The van der Waals surface area contributed by atoms with Crippen molar-refractivity contribution in [3.8, 4) is 28.6 Å². The van der Waals surface area contributed by atoms with Crippen molar-refractivity contribution in [2.24, 2.45) is 0 Å². The fourth-order valence-corrected chi connectivity index (χ4v) is 2.59. The number of benzene rings is 2. The lowest BCUT2D eigenvalue weighted by molar-refractivity contribution is 0.355. The number of hydrogen-bond donors (Lipinski definition) is 0. The van der Waals surface area contributed by atoms with Gasteiger partial charge < -0.3 is 9.47 Å². The van der Waals surface area contributed by atoms with Crippen LogP contribution in [0.25, 0.3) is 17.1 Å². The van der Waals surface area contributed by atoms with Crippen molar-refractivity contribution in [3.63, 3.8) is 0 Å². The van der Waals surface area contributed by atoms with E-state index < -0.39 is 0 Å². The summed E-state index contributed by atoms with van der Waals surface area (Å²) in [5.41, 5.74) is 2.71. The first-order valence-electron chi connectivity index (χ1n) is 7.03. The first-order chi connectivity index (χ1) is 11.2. The first-order valence-corrected chi connectivity index (χ1v) is 7.41. The van der Waals surface area contributed by atoms with Gasteiger partial charge in [-0.15, -0.1) is 0 Å². The predicted molar refractivity (Wildman–Crippen MR) is 89.6 cm³/mol. The molecule has 3 rings (SSSR count). The summed E-state index contributed by atoms with van der Waals surface area (Å²) in [6.07, 6.45) is 1.52. The van der Waals surface area contributed by atoms with Crippen molar-refractivity contribution in [3.05, 3.63) is 53.3 Å². The molecule has 0 unspecified atom stereocenters. The third-order valence-electron chi connectivity index (χ3n) is 3.66. The summed E-state index contributed by atoms with van der Waals surface area (Å²) in [7, 11) is 3.21. The zero-order chi connectivity index (χ0) is 16.4. The van der Waals surface area contributed by atoms with Crippen molar-refractivity contribution < 1.29 is 9.47 Å². The van der Waals surface area contributed by atoms with Crippen molar-refractivity contribution >= 4 is 11.6 Å². The van der Waals surface area contributed by atoms with Crippen LogP contribution >= 0.6 is 11.6 Å². The molecule has 5 nitrogen and oxygen atoms in total. The van der Waals surface area contributed by atoms with Gasteiger partial charge in [0.25, 0.3) is 0 Å². The summed E-state index contributed by atoms with van der Waals surface area (Å²) in [5, 5.41) is 5.03. The molecule has 1 heterocycles. The molecule has 0 bridgehead atoms. The van der Waals surface area contributed by atoms with Crippen molar-refractivity contribution in [2.75, 3.05) is 14.2 Å². The molecule has 1 aromatic heterocycles. The van der Waals surface area contributed by atoms with E-state index in [-0.39, 0.29) is 0 Å². The average molecular weight is 330 g/mol. The van der Waals surface area contributed by atoms with Crippen molar-refractivity contribution in [1.82, 2.24) is 14.8 Å². The summed E-state index contributed by atoms with van der Waals surface area (Å²) in [6.45, 7) is 1.96. The minimum absolute atomic E-state index is 0.641. The van der Waals surface area contributed by atoms with Gasteiger partial charge in [-0.05, 0) is 42.8 Å². The largest absolute Gasteiger partial charge is 0.493 e. The van der Waals surface area contributed by atoms with Crippen LogP contribution in [0.15, 0.2) is 42.7 Å². The van der Waals surface area contributed by atoms with Gasteiger partial charge in [-0.1, -0.05) is 17.7 Å². The summed E-state index contributed by atoms with van der Waals surface area (Å²) in [4.78, 5) is 4.38. The second-order valence-electron chi connectivity index (χ2n) is 4.95. The monoisotopic (exact) mass is 329 g/mol. The second kappa shape index (κ2) is 6.30. The van der Waals surface area contributed by atoms with Gasteiger partial charge in [-0.3, -0.25) is 0 Å². The van der Waals surface area contributed by atoms with Crippen molar-refractivity contribution in [1.29, 1.82) is 0 Å². The molecule has 0 atom stereocenters. The maximum Gasteiger partial charge on any atom is 0.163 e. The number of nitrogens with zero attached hydrogens (tertiary/aromatic N) is 3. The fraction of sp³-hybridized carbons (Fsp3) is 0.176. The number of ether oxygens (including phenoxy) is 2. The SMILES string of the molecule is COc1ccc(-c2ncnn2-c2cccc(Cl)c2C)cc1OC. The predicted octanol–water partition coefficient (Wildman–Crippen LogP) is 3.91. The van der Waals surface area contributed by atoms with E-state index in [1.807, 2.05) is 43.3 Å². The van der Waals surface area contributed by atoms with Gasteiger partial charge in [0.1, 0.15) is 6.33 Å². The van der Waals surface area contributed by atoms with E-state index in [1.165, 1.54) is 6.33 Å². The highest BCUT2D eigenvalue weighted by molar-refractivity contribution is 6.31. The molecule has 118 valence electrons. The van der Waals surface area contributed by atoms with E-state index in [0.717, 1.165) is 16.8 Å². The molecule has 0 N–H and O–H groups in total. The lowest BCUT2D eigenvalue weighted by Crippen LogP contribution is -2.02. The molecule has 0 aliphatic heterocycles. The smallest absolute Gasteiger partial charge is 0.163 e. The molecule has 23 heavy (non-hydrogen) atoms. The van der Waals surface area contributed by atoms with E-state index in [4.69, 9.17) is 21.1 Å². The summed E-state index contributed by atoms with van der Waals surface area (Å²) in [6, 6.07) is 11.3. The molecule has 6 heteroatoms. The van der Waals surface area contributed by atoms with Gasteiger partial charge in [0.15, 0.2) is 17.3 Å². The van der Waals surface area contributed by atoms with Gasteiger partial charge in [0.2, 0.25) is 0 Å². The molecule has 3 aromatic rings. The number of aromatic nitrogens is 3. The highest BCUT2D eigenvalue weighted by Crippen LogP contribution is 2.32. The summed E-state index contributed by atoms with van der Waals surface area (Å²) >= 11 is 6.22. The molecule has 0 fully saturated rings.